The summed E-state index contributed by atoms with van der Waals surface area (Å²) in [5.74, 6) is -0.809. The minimum atomic E-state index is -3.73. The Morgan fingerprint density at radius 2 is 2.10 bits per heavy atom. The average molecular weight is 355 g/mol. The first-order chi connectivity index (χ1) is 9.77. The van der Waals surface area contributed by atoms with Crippen LogP contribution in [0.4, 0.5) is 4.39 Å². The van der Waals surface area contributed by atoms with Crippen LogP contribution in [-0.4, -0.2) is 50.8 Å². The van der Waals surface area contributed by atoms with E-state index in [1.807, 2.05) is 19.0 Å². The molecule has 1 heterocycles. The zero-order valence-corrected chi connectivity index (χ0v) is 14.1. The standard InChI is InChI=1S/C13H17Cl2FN2O2S/c1-17(2)10-3-4-18(8-10)21(19,20)11-5-9(7-14)13(15)12(16)6-11/h5-6,10H,3-4,7-8H2,1-2H3. The van der Waals surface area contributed by atoms with Gasteiger partial charge in [-0.2, -0.15) is 4.31 Å². The highest BCUT2D eigenvalue weighted by atomic mass is 35.5. The molecule has 1 fully saturated rings. The van der Waals surface area contributed by atoms with E-state index in [2.05, 4.69) is 0 Å². The van der Waals surface area contributed by atoms with Crippen LogP contribution in [-0.2, 0) is 15.9 Å². The number of rotatable bonds is 4. The number of halogens is 3. The predicted octanol–water partition coefficient (Wildman–Crippen LogP) is 2.54. The second kappa shape index (κ2) is 6.38. The highest BCUT2D eigenvalue weighted by Gasteiger charge is 2.34. The maximum Gasteiger partial charge on any atom is 0.243 e. The average Bonchev–Trinajstić information content (AvgIpc) is 2.92. The van der Waals surface area contributed by atoms with Crippen molar-refractivity contribution in [3.05, 3.63) is 28.5 Å². The van der Waals surface area contributed by atoms with Crippen molar-refractivity contribution in [3.63, 3.8) is 0 Å². The third-order valence-electron chi connectivity index (χ3n) is 3.72. The Morgan fingerprint density at radius 3 is 2.62 bits per heavy atom. The fourth-order valence-corrected chi connectivity index (χ4v) is 4.38. The van der Waals surface area contributed by atoms with Crippen LogP contribution in [0.5, 0.6) is 0 Å². The second-order valence-corrected chi connectivity index (χ2v) is 7.86. The molecule has 0 saturated carbocycles. The van der Waals surface area contributed by atoms with Gasteiger partial charge >= 0.3 is 0 Å². The summed E-state index contributed by atoms with van der Waals surface area (Å²) >= 11 is 11.4. The summed E-state index contributed by atoms with van der Waals surface area (Å²) in [5.41, 5.74) is 0.278. The fourth-order valence-electron chi connectivity index (χ4n) is 2.36. The lowest BCUT2D eigenvalue weighted by molar-refractivity contribution is 0.302. The monoisotopic (exact) mass is 354 g/mol. The minimum absolute atomic E-state index is 0.0422. The third-order valence-corrected chi connectivity index (χ3v) is 6.27. The van der Waals surface area contributed by atoms with Crippen LogP contribution in [0.2, 0.25) is 5.02 Å². The van der Waals surface area contributed by atoms with Crippen LogP contribution in [0.1, 0.15) is 12.0 Å². The molecule has 1 aromatic carbocycles. The van der Waals surface area contributed by atoms with Crippen molar-refractivity contribution >= 4 is 33.2 Å². The quantitative estimate of drug-likeness (QED) is 0.780. The van der Waals surface area contributed by atoms with Crippen molar-refractivity contribution in [2.24, 2.45) is 0 Å². The fraction of sp³-hybridized carbons (Fsp3) is 0.538. The maximum absolute atomic E-state index is 13.8. The van der Waals surface area contributed by atoms with E-state index in [0.29, 0.717) is 13.1 Å². The molecule has 0 spiro atoms. The van der Waals surface area contributed by atoms with E-state index in [9.17, 15) is 12.8 Å². The Kier molecular flexibility index (Phi) is 5.15. The van der Waals surface area contributed by atoms with Crippen molar-refractivity contribution in [1.29, 1.82) is 0 Å². The van der Waals surface area contributed by atoms with E-state index in [-0.39, 0.29) is 27.4 Å². The molecule has 0 aromatic heterocycles. The molecule has 1 aliphatic rings. The summed E-state index contributed by atoms with van der Waals surface area (Å²) in [5, 5.41) is -0.128. The molecule has 8 heteroatoms. The van der Waals surface area contributed by atoms with Gasteiger partial charge in [-0.25, -0.2) is 12.8 Å². The number of hydrogen-bond acceptors (Lipinski definition) is 3. The molecule has 0 N–H and O–H groups in total. The van der Waals surface area contributed by atoms with Gasteiger partial charge in [0.05, 0.1) is 9.92 Å². The van der Waals surface area contributed by atoms with E-state index in [1.54, 1.807) is 0 Å². The number of likely N-dealkylation sites (N-methyl/N-ethyl adjacent to an activating group) is 1. The van der Waals surface area contributed by atoms with Gasteiger partial charge in [-0.15, -0.1) is 11.6 Å². The molecule has 1 unspecified atom stereocenters. The Hall–Kier alpha value is -0.400. The Bertz CT molecular complexity index is 637. The Labute approximate surface area is 134 Å². The van der Waals surface area contributed by atoms with Gasteiger partial charge in [0.25, 0.3) is 0 Å². The molecule has 0 radical (unpaired) electrons. The zero-order chi connectivity index (χ0) is 15.8. The molecule has 21 heavy (non-hydrogen) atoms. The molecule has 0 bridgehead atoms. The second-order valence-electron chi connectivity index (χ2n) is 5.28. The van der Waals surface area contributed by atoms with Crippen molar-refractivity contribution in [2.45, 2.75) is 23.2 Å². The van der Waals surface area contributed by atoms with Gasteiger partial charge in [0, 0.05) is 25.0 Å². The van der Waals surface area contributed by atoms with E-state index >= 15 is 0 Å². The zero-order valence-electron chi connectivity index (χ0n) is 11.8. The highest BCUT2D eigenvalue weighted by molar-refractivity contribution is 7.89. The van der Waals surface area contributed by atoms with Gasteiger partial charge in [0.1, 0.15) is 5.82 Å². The van der Waals surface area contributed by atoms with Crippen LogP contribution < -0.4 is 0 Å². The number of hydrogen-bond donors (Lipinski definition) is 0. The van der Waals surface area contributed by atoms with E-state index < -0.39 is 15.8 Å². The predicted molar refractivity (Wildman–Crippen MR) is 81.8 cm³/mol. The van der Waals surface area contributed by atoms with Crippen molar-refractivity contribution in [1.82, 2.24) is 9.21 Å². The lowest BCUT2D eigenvalue weighted by atomic mass is 10.2. The first kappa shape index (κ1) is 17.0. The van der Waals surface area contributed by atoms with Gasteiger partial charge < -0.3 is 4.90 Å². The number of alkyl halides is 1. The van der Waals surface area contributed by atoms with Crippen LogP contribution >= 0.6 is 23.2 Å². The van der Waals surface area contributed by atoms with Gasteiger partial charge in [0.2, 0.25) is 10.0 Å². The maximum atomic E-state index is 13.8. The number of sulfonamides is 1. The Morgan fingerprint density at radius 1 is 1.43 bits per heavy atom. The third kappa shape index (κ3) is 3.35. The molecule has 4 nitrogen and oxygen atoms in total. The summed E-state index contributed by atoms with van der Waals surface area (Å²) in [6, 6.07) is 2.47. The van der Waals surface area contributed by atoms with Crippen molar-refractivity contribution in [3.8, 4) is 0 Å². The Balaban J connectivity index is 2.35. The number of benzene rings is 1. The number of nitrogens with zero attached hydrogens (tertiary/aromatic N) is 2. The van der Waals surface area contributed by atoms with Gasteiger partial charge in [0.15, 0.2) is 0 Å². The molecular weight excluding hydrogens is 338 g/mol. The molecule has 1 aromatic rings. The van der Waals surface area contributed by atoms with E-state index in [4.69, 9.17) is 23.2 Å². The molecule has 118 valence electrons. The summed E-state index contributed by atoms with van der Waals surface area (Å²) in [6.07, 6.45) is 0.755. The van der Waals surface area contributed by atoms with Gasteiger partial charge in [-0.1, -0.05) is 11.6 Å². The van der Waals surface area contributed by atoms with Crippen molar-refractivity contribution in [2.75, 3.05) is 27.2 Å². The van der Waals surface area contributed by atoms with Gasteiger partial charge in [-0.3, -0.25) is 0 Å². The normalized spacial score (nSPS) is 20.4. The summed E-state index contributed by atoms with van der Waals surface area (Å²) in [6.45, 7) is 0.821. The van der Waals surface area contributed by atoms with Crippen molar-refractivity contribution < 1.29 is 12.8 Å². The molecule has 2 rings (SSSR count). The van der Waals surface area contributed by atoms with Crippen LogP contribution in [0.3, 0.4) is 0 Å². The molecule has 1 atom stereocenters. The SMILES string of the molecule is CN(C)C1CCN(S(=O)(=O)c2cc(F)c(Cl)c(CCl)c2)C1. The molecular formula is C13H17Cl2FN2O2S. The first-order valence-electron chi connectivity index (χ1n) is 6.48. The lowest BCUT2D eigenvalue weighted by Gasteiger charge is -2.20. The molecule has 1 aliphatic heterocycles. The lowest BCUT2D eigenvalue weighted by Crippen LogP contribution is -2.34. The smallest absolute Gasteiger partial charge is 0.243 e. The summed E-state index contributed by atoms with van der Waals surface area (Å²) in [7, 11) is 0.0945. The largest absolute Gasteiger partial charge is 0.305 e. The first-order valence-corrected chi connectivity index (χ1v) is 8.83. The summed E-state index contributed by atoms with van der Waals surface area (Å²) < 4.78 is 40.3. The van der Waals surface area contributed by atoms with Gasteiger partial charge in [-0.05, 0) is 38.2 Å². The van der Waals surface area contributed by atoms with Crippen LogP contribution in [0, 0.1) is 5.82 Å². The van der Waals surface area contributed by atoms with E-state index in [0.717, 1.165) is 12.5 Å². The van der Waals surface area contributed by atoms with Crippen LogP contribution in [0.25, 0.3) is 0 Å². The van der Waals surface area contributed by atoms with E-state index in [1.165, 1.54) is 10.4 Å². The highest BCUT2D eigenvalue weighted by Crippen LogP contribution is 2.29. The topological polar surface area (TPSA) is 40.6 Å². The molecule has 0 amide bonds. The summed E-state index contributed by atoms with van der Waals surface area (Å²) in [4.78, 5) is 1.89. The van der Waals surface area contributed by atoms with Crippen LogP contribution in [0.15, 0.2) is 17.0 Å². The minimum Gasteiger partial charge on any atom is -0.305 e. The molecule has 0 aliphatic carbocycles. The molecule has 1 saturated heterocycles.